The second-order valence-electron chi connectivity index (χ2n) is 4.72. The van der Waals surface area contributed by atoms with Gasteiger partial charge in [-0.25, -0.2) is 0 Å². The zero-order valence-electron chi connectivity index (χ0n) is 17.7. The smallest absolute Gasteiger partial charge is 0.154 e. The lowest BCUT2D eigenvalue weighted by molar-refractivity contribution is -0.0877. The monoisotopic (exact) mass is 374 g/mol. The highest BCUT2D eigenvalue weighted by atomic mass is 16.7. The molecule has 0 fully saturated rings. The number of aliphatic hydroxyl groups is 1. The van der Waals surface area contributed by atoms with Gasteiger partial charge in [-0.2, -0.15) is 0 Å². The Morgan fingerprint density at radius 1 is 0.560 bits per heavy atom. The molecule has 25 heavy (non-hydrogen) atoms. The van der Waals surface area contributed by atoms with Gasteiger partial charge in [-0.1, -0.05) is 0 Å². The number of hydrogen-bond donors (Lipinski definition) is 1. The lowest BCUT2D eigenvalue weighted by Crippen LogP contribution is -2.06. The molecule has 0 aromatic carbocycles. The number of hydrogen-bond acceptors (Lipinski definition) is 8. The van der Waals surface area contributed by atoms with Crippen LogP contribution < -0.4 is 0 Å². The Morgan fingerprint density at radius 2 is 0.800 bits per heavy atom. The van der Waals surface area contributed by atoms with E-state index in [0.29, 0.717) is 39.6 Å². The molecule has 0 amide bonds. The summed E-state index contributed by atoms with van der Waals surface area (Å²) in [4.78, 5) is 0. The summed E-state index contributed by atoms with van der Waals surface area (Å²) in [5.74, 6) is 0. The number of rotatable bonds is 11. The highest BCUT2D eigenvalue weighted by molar-refractivity contribution is 4.28. The molecule has 0 saturated heterocycles. The van der Waals surface area contributed by atoms with Gasteiger partial charge in [-0.05, 0) is 20.8 Å². The van der Waals surface area contributed by atoms with Crippen LogP contribution in [0.3, 0.4) is 0 Å². The van der Waals surface area contributed by atoms with E-state index in [1.54, 1.807) is 56.5 Å². The standard InChI is InChI=1S/C6H14O3.2C4H10O2.C3H8O/c1-7-3-5-9-6-4-8-2;1-5-3-4-6-2;1-4(5-2)6-3;1-3(2)4/h3-6H2,1-2H3;3-4H2,1-2H3;4H,1-3H3;3-4H,1-2H3. The maximum Gasteiger partial charge on any atom is 0.154 e. The Kier molecular flexibility index (Phi) is 45.2. The van der Waals surface area contributed by atoms with E-state index < -0.39 is 0 Å². The van der Waals surface area contributed by atoms with Crippen molar-refractivity contribution in [2.45, 2.75) is 33.2 Å². The highest BCUT2D eigenvalue weighted by Crippen LogP contribution is 1.83. The third-order valence-corrected chi connectivity index (χ3v) is 2.02. The van der Waals surface area contributed by atoms with Crippen LogP contribution in [0.5, 0.6) is 0 Å². The van der Waals surface area contributed by atoms with E-state index in [0.717, 1.165) is 0 Å². The van der Waals surface area contributed by atoms with Gasteiger partial charge in [-0.15, -0.1) is 0 Å². The topological polar surface area (TPSA) is 84.8 Å². The molecular weight excluding hydrogens is 332 g/mol. The first-order valence-corrected chi connectivity index (χ1v) is 8.14. The van der Waals surface area contributed by atoms with Gasteiger partial charge in [0, 0.05) is 48.8 Å². The molecule has 0 spiro atoms. The molecule has 1 N–H and O–H groups in total. The third kappa shape index (κ3) is 69.2. The summed E-state index contributed by atoms with van der Waals surface area (Å²) in [6, 6.07) is 0. The summed E-state index contributed by atoms with van der Waals surface area (Å²) in [6.07, 6.45) is -0.231. The Morgan fingerprint density at radius 3 is 0.960 bits per heavy atom. The summed E-state index contributed by atoms with van der Waals surface area (Å²) in [5.41, 5.74) is 0. The van der Waals surface area contributed by atoms with E-state index in [1.807, 2.05) is 6.92 Å². The van der Waals surface area contributed by atoms with E-state index in [1.165, 1.54) is 0 Å². The van der Waals surface area contributed by atoms with Crippen LogP contribution in [0.4, 0.5) is 0 Å². The van der Waals surface area contributed by atoms with Crippen molar-refractivity contribution in [1.29, 1.82) is 0 Å². The summed E-state index contributed by atoms with van der Waals surface area (Å²) < 4.78 is 33.2. The summed E-state index contributed by atoms with van der Waals surface area (Å²) in [5, 5.41) is 8.06. The molecule has 0 saturated carbocycles. The summed E-state index contributed by atoms with van der Waals surface area (Å²) >= 11 is 0. The van der Waals surface area contributed by atoms with Crippen molar-refractivity contribution in [2.75, 3.05) is 82.3 Å². The average molecular weight is 375 g/mol. The fourth-order valence-electron chi connectivity index (χ4n) is 0.649. The molecule has 0 radical (unpaired) electrons. The van der Waals surface area contributed by atoms with Gasteiger partial charge < -0.3 is 38.3 Å². The summed E-state index contributed by atoms with van der Waals surface area (Å²) in [7, 11) is 9.82. The van der Waals surface area contributed by atoms with E-state index in [4.69, 9.17) is 19.3 Å². The first kappa shape index (κ1) is 32.4. The molecule has 0 aromatic heterocycles. The minimum Gasteiger partial charge on any atom is -0.394 e. The maximum atomic E-state index is 8.06. The van der Waals surface area contributed by atoms with Crippen molar-refractivity contribution in [3.63, 3.8) is 0 Å². The lowest BCUT2D eigenvalue weighted by Gasteiger charge is -2.03. The quantitative estimate of drug-likeness (QED) is 0.431. The van der Waals surface area contributed by atoms with Crippen LogP contribution in [0.2, 0.25) is 0 Å². The molecule has 0 unspecified atom stereocenters. The minimum absolute atomic E-state index is 0.0648. The highest BCUT2D eigenvalue weighted by Gasteiger charge is 1.88. The largest absolute Gasteiger partial charge is 0.394 e. The molecular formula is C17H42O8. The van der Waals surface area contributed by atoms with Crippen LogP contribution >= 0.6 is 0 Å². The van der Waals surface area contributed by atoms with Crippen molar-refractivity contribution < 1.29 is 38.3 Å². The third-order valence-electron chi connectivity index (χ3n) is 2.02. The van der Waals surface area contributed by atoms with Crippen molar-refractivity contribution in [2.24, 2.45) is 0 Å². The normalized spacial score (nSPS) is 9.60. The number of methoxy groups -OCH3 is 6. The van der Waals surface area contributed by atoms with E-state index in [-0.39, 0.29) is 12.4 Å². The van der Waals surface area contributed by atoms with Gasteiger partial charge in [0.15, 0.2) is 6.29 Å². The SMILES string of the molecule is CC(C)O.COC(C)OC.COCCOC.COCCOCCOC. The van der Waals surface area contributed by atoms with Gasteiger partial charge in [0.25, 0.3) is 0 Å². The first-order valence-electron chi connectivity index (χ1n) is 8.14. The maximum absolute atomic E-state index is 8.06. The number of aliphatic hydroxyl groups excluding tert-OH is 1. The van der Waals surface area contributed by atoms with Gasteiger partial charge in [-0.3, -0.25) is 0 Å². The van der Waals surface area contributed by atoms with Gasteiger partial charge >= 0.3 is 0 Å². The molecule has 0 aliphatic rings. The molecule has 158 valence electrons. The zero-order chi connectivity index (χ0) is 20.3. The molecule has 8 heteroatoms. The van der Waals surface area contributed by atoms with Crippen LogP contribution in [0.15, 0.2) is 0 Å². The van der Waals surface area contributed by atoms with Crippen molar-refractivity contribution in [1.82, 2.24) is 0 Å². The molecule has 0 atom stereocenters. The lowest BCUT2D eigenvalue weighted by atomic mass is 10.5. The zero-order valence-corrected chi connectivity index (χ0v) is 17.7. The van der Waals surface area contributed by atoms with Crippen LogP contribution in [-0.4, -0.2) is 99.8 Å². The second kappa shape index (κ2) is 34.9. The van der Waals surface area contributed by atoms with Gasteiger partial charge in [0.2, 0.25) is 0 Å². The van der Waals surface area contributed by atoms with E-state index in [2.05, 4.69) is 18.9 Å². The Bertz CT molecular complexity index is 165. The summed E-state index contributed by atoms with van der Waals surface area (Å²) in [6.45, 7) is 9.28. The van der Waals surface area contributed by atoms with Crippen molar-refractivity contribution in [3.8, 4) is 0 Å². The molecule has 0 aromatic rings. The molecule has 8 nitrogen and oxygen atoms in total. The fraction of sp³-hybridized carbons (Fsp3) is 1.00. The Hall–Kier alpha value is -0.320. The van der Waals surface area contributed by atoms with Crippen LogP contribution in [0, 0.1) is 0 Å². The Balaban J connectivity index is -0.000000123. The predicted molar refractivity (Wildman–Crippen MR) is 99.2 cm³/mol. The van der Waals surface area contributed by atoms with Gasteiger partial charge in [0.05, 0.1) is 39.6 Å². The first-order chi connectivity index (χ1) is 11.9. The predicted octanol–water partition coefficient (Wildman–Crippen LogP) is 1.59. The van der Waals surface area contributed by atoms with Crippen LogP contribution in [-0.2, 0) is 33.2 Å². The molecule has 0 aliphatic heterocycles. The van der Waals surface area contributed by atoms with Crippen LogP contribution in [0.25, 0.3) is 0 Å². The fourth-order valence-corrected chi connectivity index (χ4v) is 0.649. The second-order valence-corrected chi connectivity index (χ2v) is 4.72. The Labute approximate surface area is 154 Å². The molecule has 0 bridgehead atoms. The molecule has 0 rings (SSSR count). The average Bonchev–Trinajstić information content (AvgIpc) is 2.59. The minimum atomic E-state index is -0.167. The van der Waals surface area contributed by atoms with Gasteiger partial charge in [0.1, 0.15) is 0 Å². The number of ether oxygens (including phenoxy) is 7. The molecule has 0 heterocycles. The van der Waals surface area contributed by atoms with Crippen molar-refractivity contribution in [3.05, 3.63) is 0 Å². The van der Waals surface area contributed by atoms with E-state index >= 15 is 0 Å². The van der Waals surface area contributed by atoms with Crippen LogP contribution in [0.1, 0.15) is 20.8 Å². The van der Waals surface area contributed by atoms with E-state index in [9.17, 15) is 0 Å². The van der Waals surface area contributed by atoms with Crippen molar-refractivity contribution >= 4 is 0 Å². The molecule has 0 aliphatic carbocycles.